The van der Waals surface area contributed by atoms with Gasteiger partial charge in [0, 0.05) is 18.7 Å². The minimum absolute atomic E-state index is 0.194. The van der Waals surface area contributed by atoms with Gasteiger partial charge in [0.2, 0.25) is 0 Å². The first kappa shape index (κ1) is 17.2. The Morgan fingerprint density at radius 2 is 1.88 bits per heavy atom. The van der Waals surface area contributed by atoms with Crippen molar-refractivity contribution in [3.8, 4) is 0 Å². The largest absolute Gasteiger partial charge is 0.291 e. The van der Waals surface area contributed by atoms with Gasteiger partial charge in [-0.3, -0.25) is 20.2 Å². The van der Waals surface area contributed by atoms with Gasteiger partial charge in [0.05, 0.1) is 15.9 Å². The zero-order valence-electron chi connectivity index (χ0n) is 14.0. The van der Waals surface area contributed by atoms with Gasteiger partial charge in [-0.15, -0.1) is 0 Å². The van der Waals surface area contributed by atoms with Crippen molar-refractivity contribution in [1.82, 2.24) is 4.31 Å². The smallest absolute Gasteiger partial charge is 0.258 e. The average molecular weight is 351 g/mol. The highest BCUT2D eigenvalue weighted by atomic mass is 32.2. The molecule has 1 aliphatic carbocycles. The SMILES string of the molecule is CC1(C)C[C@H]2C[C@@](C)(CN2Sc2ccc([N+](=O)[O-])cc2[N+](=O)[O-])C1. The standard InChI is InChI=1S/C16H21N3O4S/c1-15(2)7-12-8-16(3,9-15)10-17(12)24-14-5-4-11(18(20)21)6-13(14)19(22)23/h4-6,12H,7-10H2,1-3H3/t12-,16+/m0/s1. The molecule has 2 fully saturated rings. The van der Waals surface area contributed by atoms with E-state index in [1.165, 1.54) is 24.1 Å². The molecule has 24 heavy (non-hydrogen) atoms. The summed E-state index contributed by atoms with van der Waals surface area (Å²) < 4.78 is 2.24. The molecule has 2 atom stereocenters. The molecule has 1 aromatic carbocycles. The summed E-state index contributed by atoms with van der Waals surface area (Å²) in [5.74, 6) is 0. The van der Waals surface area contributed by atoms with Gasteiger partial charge in [0.15, 0.2) is 0 Å². The number of hydrogen-bond donors (Lipinski definition) is 0. The number of nitrogens with zero attached hydrogens (tertiary/aromatic N) is 3. The van der Waals surface area contributed by atoms with Crippen molar-refractivity contribution in [2.75, 3.05) is 6.54 Å². The lowest BCUT2D eigenvalue weighted by Crippen LogP contribution is -2.33. The van der Waals surface area contributed by atoms with Crippen LogP contribution in [0, 0.1) is 31.1 Å². The number of benzene rings is 1. The second-order valence-electron chi connectivity index (χ2n) is 8.05. The molecular formula is C16H21N3O4S. The van der Waals surface area contributed by atoms with Crippen LogP contribution in [0.25, 0.3) is 0 Å². The van der Waals surface area contributed by atoms with Gasteiger partial charge in [-0.1, -0.05) is 20.8 Å². The van der Waals surface area contributed by atoms with E-state index in [9.17, 15) is 20.2 Å². The Morgan fingerprint density at radius 1 is 1.17 bits per heavy atom. The van der Waals surface area contributed by atoms with E-state index >= 15 is 0 Å². The van der Waals surface area contributed by atoms with Crippen LogP contribution in [0.5, 0.6) is 0 Å². The Balaban J connectivity index is 1.87. The maximum atomic E-state index is 11.3. The molecule has 130 valence electrons. The number of hydrogen-bond acceptors (Lipinski definition) is 6. The Hall–Kier alpha value is -1.67. The van der Waals surface area contributed by atoms with Crippen LogP contribution in [0.2, 0.25) is 0 Å². The van der Waals surface area contributed by atoms with E-state index < -0.39 is 9.85 Å². The first-order valence-electron chi connectivity index (χ1n) is 7.96. The average Bonchev–Trinajstić information content (AvgIpc) is 2.67. The lowest BCUT2D eigenvalue weighted by atomic mass is 9.65. The van der Waals surface area contributed by atoms with E-state index in [1.54, 1.807) is 0 Å². The lowest BCUT2D eigenvalue weighted by molar-refractivity contribution is -0.396. The van der Waals surface area contributed by atoms with Crippen molar-refractivity contribution in [1.29, 1.82) is 0 Å². The van der Waals surface area contributed by atoms with Crippen LogP contribution < -0.4 is 0 Å². The molecule has 8 heteroatoms. The maximum absolute atomic E-state index is 11.3. The van der Waals surface area contributed by atoms with Crippen molar-refractivity contribution < 1.29 is 9.85 Å². The zero-order chi connectivity index (χ0) is 17.7. The highest BCUT2D eigenvalue weighted by Gasteiger charge is 2.50. The summed E-state index contributed by atoms with van der Waals surface area (Å²) in [5.41, 5.74) is 0.0583. The molecule has 0 amide bonds. The molecule has 1 saturated carbocycles. The summed E-state index contributed by atoms with van der Waals surface area (Å²) in [6, 6.07) is 4.27. The van der Waals surface area contributed by atoms with E-state index in [0.29, 0.717) is 10.9 Å². The second-order valence-corrected chi connectivity index (χ2v) is 9.14. The van der Waals surface area contributed by atoms with Crippen LogP contribution in [0.4, 0.5) is 11.4 Å². The highest BCUT2D eigenvalue weighted by Crippen LogP contribution is 2.55. The quantitative estimate of drug-likeness (QED) is 0.453. The fourth-order valence-corrected chi connectivity index (χ4v) is 5.76. The Morgan fingerprint density at radius 3 is 2.50 bits per heavy atom. The minimum atomic E-state index is -0.603. The zero-order valence-corrected chi connectivity index (χ0v) is 14.8. The van der Waals surface area contributed by atoms with Crippen LogP contribution in [0.15, 0.2) is 23.1 Å². The molecule has 1 aromatic rings. The van der Waals surface area contributed by atoms with Crippen molar-refractivity contribution in [2.24, 2.45) is 10.8 Å². The molecule has 7 nitrogen and oxygen atoms in total. The predicted molar refractivity (Wildman–Crippen MR) is 91.8 cm³/mol. The van der Waals surface area contributed by atoms with E-state index in [0.717, 1.165) is 31.9 Å². The summed E-state index contributed by atoms with van der Waals surface area (Å²) in [6.07, 6.45) is 3.32. The third-order valence-electron chi connectivity index (χ3n) is 4.93. The van der Waals surface area contributed by atoms with Crippen LogP contribution in [0.1, 0.15) is 40.0 Å². The molecule has 1 aliphatic heterocycles. The summed E-state index contributed by atoms with van der Waals surface area (Å²) in [5, 5.41) is 22.2. The Kier molecular flexibility index (Phi) is 4.08. The normalized spacial score (nSPS) is 28.7. The third kappa shape index (κ3) is 3.25. The van der Waals surface area contributed by atoms with E-state index in [-0.39, 0.29) is 22.2 Å². The van der Waals surface area contributed by atoms with Gasteiger partial charge in [-0.25, -0.2) is 4.31 Å². The van der Waals surface area contributed by atoms with Crippen LogP contribution in [0.3, 0.4) is 0 Å². The molecule has 0 N–H and O–H groups in total. The van der Waals surface area contributed by atoms with Crippen LogP contribution in [-0.2, 0) is 0 Å². The molecule has 0 spiro atoms. The summed E-state index contributed by atoms with van der Waals surface area (Å²) in [6.45, 7) is 7.73. The van der Waals surface area contributed by atoms with Gasteiger partial charge in [-0.2, -0.15) is 0 Å². The predicted octanol–water partition coefficient (Wildman–Crippen LogP) is 4.41. The summed E-state index contributed by atoms with van der Waals surface area (Å²) in [4.78, 5) is 21.5. The van der Waals surface area contributed by atoms with Gasteiger partial charge >= 0.3 is 0 Å². The van der Waals surface area contributed by atoms with E-state index in [2.05, 4.69) is 25.1 Å². The van der Waals surface area contributed by atoms with Crippen LogP contribution >= 0.6 is 11.9 Å². The molecule has 0 radical (unpaired) electrons. The van der Waals surface area contributed by atoms with Crippen molar-refractivity contribution >= 4 is 23.3 Å². The Labute approximate surface area is 144 Å². The summed E-state index contributed by atoms with van der Waals surface area (Å²) >= 11 is 1.37. The minimum Gasteiger partial charge on any atom is -0.258 e. The van der Waals surface area contributed by atoms with Crippen LogP contribution in [-0.4, -0.2) is 26.7 Å². The number of nitro benzene ring substituents is 2. The van der Waals surface area contributed by atoms with E-state index in [4.69, 9.17) is 0 Å². The molecule has 3 rings (SSSR count). The number of rotatable bonds is 4. The van der Waals surface area contributed by atoms with E-state index in [1.807, 2.05) is 0 Å². The lowest BCUT2D eigenvalue weighted by Gasteiger charge is -2.39. The molecule has 2 aliphatic rings. The maximum Gasteiger partial charge on any atom is 0.291 e. The second kappa shape index (κ2) is 5.70. The van der Waals surface area contributed by atoms with Crippen molar-refractivity contribution in [3.05, 3.63) is 38.4 Å². The van der Waals surface area contributed by atoms with Crippen molar-refractivity contribution in [2.45, 2.75) is 51.0 Å². The fraction of sp³-hybridized carbons (Fsp3) is 0.625. The van der Waals surface area contributed by atoms with Crippen molar-refractivity contribution in [3.63, 3.8) is 0 Å². The molecule has 2 bridgehead atoms. The highest BCUT2D eigenvalue weighted by molar-refractivity contribution is 7.97. The monoisotopic (exact) mass is 351 g/mol. The topological polar surface area (TPSA) is 89.5 Å². The van der Waals surface area contributed by atoms with Gasteiger partial charge in [0.1, 0.15) is 4.90 Å². The van der Waals surface area contributed by atoms with Gasteiger partial charge < -0.3 is 0 Å². The van der Waals surface area contributed by atoms with Gasteiger partial charge in [-0.05, 0) is 48.1 Å². The molecule has 0 unspecified atom stereocenters. The number of nitro groups is 2. The molecule has 0 aromatic heterocycles. The fourth-order valence-electron chi connectivity index (χ4n) is 4.48. The number of non-ortho nitro benzene ring substituents is 1. The first-order valence-corrected chi connectivity index (χ1v) is 8.73. The molecular weight excluding hydrogens is 330 g/mol. The third-order valence-corrected chi connectivity index (χ3v) is 6.14. The molecule has 1 heterocycles. The van der Waals surface area contributed by atoms with Gasteiger partial charge in [0.25, 0.3) is 11.4 Å². The molecule has 1 saturated heterocycles. The Bertz CT molecular complexity index is 709. The summed E-state index contributed by atoms with van der Waals surface area (Å²) in [7, 11) is 0. The first-order chi connectivity index (χ1) is 11.1. The number of fused-ring (bicyclic) bond motifs is 2.